The second-order valence-electron chi connectivity index (χ2n) is 5.11. The Morgan fingerprint density at radius 1 is 1.40 bits per heavy atom. The van der Waals surface area contributed by atoms with Crippen LogP contribution >= 0.6 is 15.9 Å². The van der Waals surface area contributed by atoms with Gasteiger partial charge in [-0.15, -0.1) is 0 Å². The van der Waals surface area contributed by atoms with Crippen molar-refractivity contribution in [2.45, 2.75) is 24.9 Å². The number of nitrogens with two attached hydrogens (primary N) is 1. The molecule has 2 rings (SSSR count). The lowest BCUT2D eigenvalue weighted by atomic mass is 10.0. The molecule has 0 spiro atoms. The molecular weight excluding hydrogens is 320 g/mol. The van der Waals surface area contributed by atoms with Crippen LogP contribution in [0.5, 0.6) is 5.75 Å². The van der Waals surface area contributed by atoms with Crippen LogP contribution in [0.15, 0.2) is 22.7 Å². The van der Waals surface area contributed by atoms with Gasteiger partial charge in [-0.3, -0.25) is 4.90 Å². The fraction of sp³-hybridized carbons (Fsp3) is 0.600. The molecule has 0 heterocycles. The van der Waals surface area contributed by atoms with E-state index < -0.39 is 0 Å². The van der Waals surface area contributed by atoms with Crippen molar-refractivity contribution in [3.05, 3.63) is 28.2 Å². The fourth-order valence-corrected chi connectivity index (χ4v) is 3.11. The van der Waals surface area contributed by atoms with Gasteiger partial charge in [0.05, 0.1) is 18.2 Å². The van der Waals surface area contributed by atoms with Gasteiger partial charge in [-0.1, -0.05) is 6.07 Å². The minimum absolute atomic E-state index is 0.236. The Hall–Kier alpha value is -0.620. The number of hydrogen-bond donors (Lipinski definition) is 1. The van der Waals surface area contributed by atoms with Gasteiger partial charge >= 0.3 is 0 Å². The number of ether oxygens (including phenoxy) is 2. The molecule has 0 aromatic heterocycles. The van der Waals surface area contributed by atoms with Crippen molar-refractivity contribution in [2.75, 3.05) is 33.9 Å². The lowest BCUT2D eigenvalue weighted by Gasteiger charge is -2.31. The first-order chi connectivity index (χ1) is 9.71. The maximum Gasteiger partial charge on any atom is 0.133 e. The number of rotatable bonds is 8. The molecule has 0 radical (unpaired) electrons. The van der Waals surface area contributed by atoms with Gasteiger partial charge < -0.3 is 15.2 Å². The topological polar surface area (TPSA) is 47.7 Å². The fourth-order valence-electron chi connectivity index (χ4n) is 2.55. The van der Waals surface area contributed by atoms with E-state index in [-0.39, 0.29) is 6.04 Å². The molecule has 0 saturated heterocycles. The Kier molecular flexibility index (Phi) is 5.84. The highest BCUT2D eigenvalue weighted by Gasteiger charge is 2.33. The number of nitrogens with zero attached hydrogens (tertiary/aromatic N) is 1. The van der Waals surface area contributed by atoms with Crippen LogP contribution in [0.1, 0.15) is 24.4 Å². The molecular formula is C15H23BrN2O2. The van der Waals surface area contributed by atoms with Crippen molar-refractivity contribution in [1.82, 2.24) is 4.90 Å². The van der Waals surface area contributed by atoms with Crippen LogP contribution in [0.3, 0.4) is 0 Å². The van der Waals surface area contributed by atoms with Gasteiger partial charge in [0.2, 0.25) is 0 Å². The zero-order valence-electron chi connectivity index (χ0n) is 12.1. The summed E-state index contributed by atoms with van der Waals surface area (Å²) in [5.74, 6) is 0.847. The number of methoxy groups -OCH3 is 2. The molecule has 2 N–H and O–H groups in total. The Labute approximate surface area is 129 Å². The molecule has 1 aliphatic carbocycles. The smallest absolute Gasteiger partial charge is 0.133 e. The molecule has 1 fully saturated rings. The Bertz CT molecular complexity index is 438. The van der Waals surface area contributed by atoms with Gasteiger partial charge in [-0.2, -0.15) is 0 Å². The van der Waals surface area contributed by atoms with Gasteiger partial charge in [0.1, 0.15) is 5.75 Å². The Morgan fingerprint density at radius 2 is 2.15 bits per heavy atom. The molecule has 1 unspecified atom stereocenters. The maximum atomic E-state index is 6.03. The van der Waals surface area contributed by atoms with Crippen LogP contribution in [0.4, 0.5) is 0 Å². The molecule has 0 bridgehead atoms. The average Bonchev–Trinajstić information content (AvgIpc) is 3.28. The quantitative estimate of drug-likeness (QED) is 0.788. The monoisotopic (exact) mass is 342 g/mol. The van der Waals surface area contributed by atoms with E-state index in [0.717, 1.165) is 23.4 Å². The first kappa shape index (κ1) is 15.8. The summed E-state index contributed by atoms with van der Waals surface area (Å²) in [4.78, 5) is 2.47. The summed E-state index contributed by atoms with van der Waals surface area (Å²) in [6.07, 6.45) is 2.52. The van der Waals surface area contributed by atoms with Crippen molar-refractivity contribution < 1.29 is 9.47 Å². The second kappa shape index (κ2) is 7.41. The average molecular weight is 343 g/mol. The minimum Gasteiger partial charge on any atom is -0.496 e. The molecule has 1 aliphatic rings. The van der Waals surface area contributed by atoms with Crippen molar-refractivity contribution >= 4 is 15.9 Å². The number of hydrogen-bond acceptors (Lipinski definition) is 4. The molecule has 0 aliphatic heterocycles. The normalized spacial score (nSPS) is 16.4. The first-order valence-electron chi connectivity index (χ1n) is 6.99. The van der Waals surface area contributed by atoms with E-state index in [9.17, 15) is 0 Å². The van der Waals surface area contributed by atoms with Crippen LogP contribution in [0.25, 0.3) is 0 Å². The highest BCUT2D eigenvalue weighted by atomic mass is 79.9. The van der Waals surface area contributed by atoms with Crippen LogP contribution in [-0.2, 0) is 4.74 Å². The zero-order chi connectivity index (χ0) is 14.5. The highest BCUT2D eigenvalue weighted by Crippen LogP contribution is 2.36. The summed E-state index contributed by atoms with van der Waals surface area (Å²) >= 11 is 3.55. The summed E-state index contributed by atoms with van der Waals surface area (Å²) in [5.41, 5.74) is 7.26. The van der Waals surface area contributed by atoms with E-state index in [1.54, 1.807) is 14.2 Å². The SMILES string of the molecule is COCCN(C1CC1)C(CN)c1ccc(OC)c(Br)c1. The van der Waals surface area contributed by atoms with E-state index in [4.69, 9.17) is 15.2 Å². The van der Waals surface area contributed by atoms with Crippen LogP contribution in [0.2, 0.25) is 0 Å². The lowest BCUT2D eigenvalue weighted by molar-refractivity contribution is 0.115. The third-order valence-electron chi connectivity index (χ3n) is 3.75. The number of halogens is 1. The molecule has 5 heteroatoms. The first-order valence-corrected chi connectivity index (χ1v) is 7.78. The molecule has 1 atom stereocenters. The van der Waals surface area contributed by atoms with Gasteiger partial charge in [0.15, 0.2) is 0 Å². The van der Waals surface area contributed by atoms with Crippen molar-refractivity contribution in [1.29, 1.82) is 0 Å². The van der Waals surface area contributed by atoms with E-state index in [0.29, 0.717) is 12.6 Å². The predicted molar refractivity (Wildman–Crippen MR) is 84.1 cm³/mol. The van der Waals surface area contributed by atoms with Crippen LogP contribution in [0, 0.1) is 0 Å². The molecule has 1 aromatic carbocycles. The predicted octanol–water partition coefficient (Wildman–Crippen LogP) is 2.57. The van der Waals surface area contributed by atoms with Gasteiger partial charge in [-0.05, 0) is 46.5 Å². The second-order valence-corrected chi connectivity index (χ2v) is 5.96. The van der Waals surface area contributed by atoms with Crippen molar-refractivity contribution in [3.8, 4) is 5.75 Å². The van der Waals surface area contributed by atoms with Gasteiger partial charge in [0, 0.05) is 32.3 Å². The summed E-state index contributed by atoms with van der Waals surface area (Å²) in [6.45, 7) is 2.27. The van der Waals surface area contributed by atoms with Crippen molar-refractivity contribution in [3.63, 3.8) is 0 Å². The Balaban J connectivity index is 2.18. The molecule has 1 aromatic rings. The van der Waals surface area contributed by atoms with E-state index in [1.807, 2.05) is 6.07 Å². The van der Waals surface area contributed by atoms with E-state index in [2.05, 4.69) is 33.0 Å². The third-order valence-corrected chi connectivity index (χ3v) is 4.37. The Morgan fingerprint density at radius 3 is 2.65 bits per heavy atom. The molecule has 20 heavy (non-hydrogen) atoms. The highest BCUT2D eigenvalue weighted by molar-refractivity contribution is 9.10. The third kappa shape index (κ3) is 3.73. The van der Waals surface area contributed by atoms with Crippen LogP contribution in [-0.4, -0.2) is 44.9 Å². The minimum atomic E-state index is 0.236. The van der Waals surface area contributed by atoms with Gasteiger partial charge in [-0.25, -0.2) is 0 Å². The molecule has 112 valence electrons. The summed E-state index contributed by atoms with van der Waals surface area (Å²) in [7, 11) is 3.42. The molecule has 1 saturated carbocycles. The molecule has 4 nitrogen and oxygen atoms in total. The van der Waals surface area contributed by atoms with E-state index in [1.165, 1.54) is 18.4 Å². The summed E-state index contributed by atoms with van der Waals surface area (Å²) in [5, 5.41) is 0. The maximum absolute atomic E-state index is 6.03. The van der Waals surface area contributed by atoms with Gasteiger partial charge in [0.25, 0.3) is 0 Å². The van der Waals surface area contributed by atoms with Crippen molar-refractivity contribution in [2.24, 2.45) is 5.73 Å². The molecule has 0 amide bonds. The number of benzene rings is 1. The lowest BCUT2D eigenvalue weighted by Crippen LogP contribution is -2.37. The van der Waals surface area contributed by atoms with Crippen LogP contribution < -0.4 is 10.5 Å². The van der Waals surface area contributed by atoms with E-state index >= 15 is 0 Å². The standard InChI is InChI=1S/C15H23BrN2O2/c1-19-8-7-18(12-4-5-12)14(10-17)11-3-6-15(20-2)13(16)9-11/h3,6,9,12,14H,4-5,7-8,10,17H2,1-2H3. The summed E-state index contributed by atoms with van der Waals surface area (Å²) < 4.78 is 11.5. The largest absolute Gasteiger partial charge is 0.496 e. The zero-order valence-corrected chi connectivity index (χ0v) is 13.7. The summed E-state index contributed by atoms with van der Waals surface area (Å²) in [6, 6.07) is 7.09.